The smallest absolute Gasteiger partial charge is 0.257 e. The first-order chi connectivity index (χ1) is 14.2. The minimum Gasteiger partial charge on any atom is -0.494 e. The molecule has 3 rings (SSSR count). The average molecular weight is 429 g/mol. The van der Waals surface area contributed by atoms with Crippen molar-refractivity contribution in [2.24, 2.45) is 5.41 Å². The molecule has 0 saturated carbocycles. The molecule has 1 aromatic heterocycles. The average Bonchev–Trinajstić information content (AvgIpc) is 3.27. The lowest BCUT2D eigenvalue weighted by Crippen LogP contribution is -2.45. The van der Waals surface area contributed by atoms with Crippen LogP contribution in [0.15, 0.2) is 41.8 Å². The van der Waals surface area contributed by atoms with Gasteiger partial charge in [0.1, 0.15) is 11.8 Å². The molecular weight excluding hydrogens is 400 g/mol. The van der Waals surface area contributed by atoms with Crippen LogP contribution in [0.3, 0.4) is 0 Å². The van der Waals surface area contributed by atoms with E-state index < -0.39 is 6.04 Å². The monoisotopic (exact) mass is 428 g/mol. The fourth-order valence-electron chi connectivity index (χ4n) is 3.49. The molecular formula is C23H28N2O4S. The van der Waals surface area contributed by atoms with Crippen LogP contribution < -0.4 is 9.64 Å². The van der Waals surface area contributed by atoms with Gasteiger partial charge in [-0.25, -0.2) is 4.90 Å². The SMILES string of the molecule is CCOc1ccc(N2C(=O)CC(N(Cc3cccs3)C(=O)CC(C)(C)C)C2=O)cc1. The Kier molecular flexibility index (Phi) is 6.61. The van der Waals surface area contributed by atoms with E-state index >= 15 is 0 Å². The zero-order valence-corrected chi connectivity index (χ0v) is 18.7. The summed E-state index contributed by atoms with van der Waals surface area (Å²) in [7, 11) is 0. The van der Waals surface area contributed by atoms with Crippen LogP contribution >= 0.6 is 11.3 Å². The van der Waals surface area contributed by atoms with Gasteiger partial charge in [0.15, 0.2) is 0 Å². The van der Waals surface area contributed by atoms with Gasteiger partial charge < -0.3 is 9.64 Å². The Labute approximate surface area is 181 Å². The molecule has 1 unspecified atom stereocenters. The number of rotatable bonds is 7. The normalized spacial score (nSPS) is 16.8. The van der Waals surface area contributed by atoms with E-state index in [4.69, 9.17) is 4.74 Å². The molecule has 0 radical (unpaired) electrons. The van der Waals surface area contributed by atoms with Crippen LogP contribution in [0.1, 0.15) is 45.4 Å². The summed E-state index contributed by atoms with van der Waals surface area (Å²) in [4.78, 5) is 42.9. The van der Waals surface area contributed by atoms with E-state index in [1.807, 2.05) is 45.2 Å². The van der Waals surface area contributed by atoms with Crippen molar-refractivity contribution in [3.8, 4) is 5.75 Å². The number of carbonyl (C=O) groups is 3. The van der Waals surface area contributed by atoms with E-state index in [-0.39, 0.29) is 29.6 Å². The van der Waals surface area contributed by atoms with Crippen molar-refractivity contribution >= 4 is 34.7 Å². The van der Waals surface area contributed by atoms with Gasteiger partial charge >= 0.3 is 0 Å². The summed E-state index contributed by atoms with van der Waals surface area (Å²) in [6.45, 7) is 8.72. The second kappa shape index (κ2) is 9.00. The first kappa shape index (κ1) is 22.0. The minimum absolute atomic E-state index is 0.00664. The predicted octanol–water partition coefficient (Wildman–Crippen LogP) is 4.24. The van der Waals surface area contributed by atoms with Gasteiger partial charge in [0.25, 0.3) is 5.91 Å². The third kappa shape index (κ3) is 5.08. The largest absolute Gasteiger partial charge is 0.494 e. The molecule has 1 atom stereocenters. The van der Waals surface area contributed by atoms with Crippen LogP contribution in [0.25, 0.3) is 0 Å². The molecule has 7 heteroatoms. The van der Waals surface area contributed by atoms with Crippen molar-refractivity contribution in [3.63, 3.8) is 0 Å². The Hall–Kier alpha value is -2.67. The molecule has 1 aliphatic rings. The van der Waals surface area contributed by atoms with E-state index in [0.717, 1.165) is 4.88 Å². The fourth-order valence-corrected chi connectivity index (χ4v) is 4.19. The molecule has 1 aromatic carbocycles. The zero-order chi connectivity index (χ0) is 21.9. The first-order valence-electron chi connectivity index (χ1n) is 10.1. The lowest BCUT2D eigenvalue weighted by atomic mass is 9.91. The fraction of sp³-hybridized carbons (Fsp3) is 0.435. The van der Waals surface area contributed by atoms with Crippen LogP contribution in [0.4, 0.5) is 5.69 Å². The molecule has 3 amide bonds. The Bertz CT molecular complexity index is 900. The number of thiophene rings is 1. The minimum atomic E-state index is -0.791. The van der Waals surface area contributed by atoms with Crippen LogP contribution in [-0.4, -0.2) is 35.3 Å². The molecule has 1 fully saturated rings. The summed E-state index contributed by atoms with van der Waals surface area (Å²) in [5.74, 6) is -0.0935. The molecule has 30 heavy (non-hydrogen) atoms. The molecule has 2 heterocycles. The van der Waals surface area contributed by atoms with Crippen molar-refractivity contribution in [1.82, 2.24) is 4.90 Å². The Balaban J connectivity index is 1.85. The van der Waals surface area contributed by atoms with Gasteiger partial charge in [0.05, 0.1) is 25.3 Å². The van der Waals surface area contributed by atoms with Crippen molar-refractivity contribution in [1.29, 1.82) is 0 Å². The first-order valence-corrected chi connectivity index (χ1v) is 11.0. The zero-order valence-electron chi connectivity index (χ0n) is 17.9. The van der Waals surface area contributed by atoms with Crippen LogP contribution in [0, 0.1) is 5.41 Å². The maximum atomic E-state index is 13.3. The Morgan fingerprint density at radius 2 is 1.90 bits per heavy atom. The number of amides is 3. The number of anilines is 1. The van der Waals surface area contributed by atoms with Gasteiger partial charge in [-0.05, 0) is 48.1 Å². The molecule has 2 aromatic rings. The highest BCUT2D eigenvalue weighted by Gasteiger charge is 2.44. The van der Waals surface area contributed by atoms with Crippen LogP contribution in [0.5, 0.6) is 5.75 Å². The number of hydrogen-bond acceptors (Lipinski definition) is 5. The number of carbonyl (C=O) groups excluding carboxylic acids is 3. The van der Waals surface area contributed by atoms with E-state index in [0.29, 0.717) is 31.0 Å². The molecule has 0 bridgehead atoms. The Morgan fingerprint density at radius 1 is 1.20 bits per heavy atom. The van der Waals surface area contributed by atoms with Gasteiger partial charge in [0, 0.05) is 11.3 Å². The van der Waals surface area contributed by atoms with Crippen molar-refractivity contribution in [2.45, 2.75) is 53.1 Å². The summed E-state index contributed by atoms with van der Waals surface area (Å²) in [5, 5.41) is 1.94. The molecule has 0 N–H and O–H groups in total. The summed E-state index contributed by atoms with van der Waals surface area (Å²) in [5.41, 5.74) is 0.279. The highest BCUT2D eigenvalue weighted by molar-refractivity contribution is 7.09. The van der Waals surface area contributed by atoms with Crippen LogP contribution in [-0.2, 0) is 20.9 Å². The number of imide groups is 1. The molecule has 160 valence electrons. The third-order valence-corrected chi connectivity index (χ3v) is 5.67. The van der Waals surface area contributed by atoms with Gasteiger partial charge in [-0.2, -0.15) is 0 Å². The quantitative estimate of drug-likeness (QED) is 0.619. The molecule has 1 aliphatic heterocycles. The number of hydrogen-bond donors (Lipinski definition) is 0. The second-order valence-electron chi connectivity index (χ2n) is 8.55. The summed E-state index contributed by atoms with van der Waals surface area (Å²) in [6.07, 6.45) is 0.298. The number of ether oxygens (including phenoxy) is 1. The van der Waals surface area contributed by atoms with E-state index in [9.17, 15) is 14.4 Å². The number of nitrogens with zero attached hydrogens (tertiary/aromatic N) is 2. The van der Waals surface area contributed by atoms with E-state index in [1.54, 1.807) is 29.2 Å². The molecule has 6 nitrogen and oxygen atoms in total. The summed E-state index contributed by atoms with van der Waals surface area (Å²) >= 11 is 1.53. The van der Waals surface area contributed by atoms with Gasteiger partial charge in [-0.15, -0.1) is 11.3 Å². The third-order valence-electron chi connectivity index (χ3n) is 4.81. The maximum absolute atomic E-state index is 13.3. The van der Waals surface area contributed by atoms with Crippen molar-refractivity contribution in [2.75, 3.05) is 11.5 Å². The molecule has 1 saturated heterocycles. The highest BCUT2D eigenvalue weighted by atomic mass is 32.1. The summed E-state index contributed by atoms with van der Waals surface area (Å²) < 4.78 is 5.43. The van der Waals surface area contributed by atoms with Crippen molar-refractivity contribution < 1.29 is 19.1 Å². The van der Waals surface area contributed by atoms with Gasteiger partial charge in [0.2, 0.25) is 11.8 Å². The summed E-state index contributed by atoms with van der Waals surface area (Å²) in [6, 6.07) is 9.93. The predicted molar refractivity (Wildman–Crippen MR) is 117 cm³/mol. The lowest BCUT2D eigenvalue weighted by molar-refractivity contribution is -0.140. The Morgan fingerprint density at radius 3 is 2.47 bits per heavy atom. The van der Waals surface area contributed by atoms with Crippen LogP contribution in [0.2, 0.25) is 0 Å². The van der Waals surface area contributed by atoms with Gasteiger partial charge in [-0.1, -0.05) is 26.8 Å². The van der Waals surface area contributed by atoms with E-state index in [1.165, 1.54) is 16.2 Å². The standard InChI is InChI=1S/C23H28N2O4S/c1-5-29-17-10-8-16(9-11-17)25-20(26)13-19(22(25)28)24(15-18-7-6-12-30-18)21(27)14-23(2,3)4/h6-12,19H,5,13-15H2,1-4H3. The highest BCUT2D eigenvalue weighted by Crippen LogP contribution is 2.30. The van der Waals surface area contributed by atoms with E-state index in [2.05, 4.69) is 0 Å². The number of benzene rings is 1. The maximum Gasteiger partial charge on any atom is 0.257 e. The molecule has 0 spiro atoms. The molecule has 0 aliphatic carbocycles. The van der Waals surface area contributed by atoms with Gasteiger partial charge in [-0.3, -0.25) is 14.4 Å². The lowest BCUT2D eigenvalue weighted by Gasteiger charge is -2.30. The topological polar surface area (TPSA) is 66.9 Å². The second-order valence-corrected chi connectivity index (χ2v) is 9.58. The van der Waals surface area contributed by atoms with Crippen molar-refractivity contribution in [3.05, 3.63) is 46.7 Å².